The Morgan fingerprint density at radius 1 is 1.31 bits per heavy atom. The van der Waals surface area contributed by atoms with Gasteiger partial charge in [0.05, 0.1) is 17.5 Å². The fourth-order valence-electron chi connectivity index (χ4n) is 1.32. The van der Waals surface area contributed by atoms with E-state index >= 15 is 0 Å². The second kappa shape index (κ2) is 4.02. The molecule has 1 aromatic carbocycles. The molecule has 0 saturated heterocycles. The molecule has 2 rings (SSSR count). The molecule has 0 bridgehead atoms. The first-order valence-electron chi connectivity index (χ1n) is 4.71. The van der Waals surface area contributed by atoms with E-state index in [1.807, 2.05) is 30.3 Å². The largest absolute Gasteiger partial charge is 0.478 e. The van der Waals surface area contributed by atoms with Crippen LogP contribution in [0.4, 0.5) is 0 Å². The third-order valence-corrected chi connectivity index (χ3v) is 2.21. The van der Waals surface area contributed by atoms with Gasteiger partial charge in [-0.15, -0.1) is 0 Å². The molecule has 0 aliphatic rings. The first kappa shape index (κ1) is 10.2. The van der Waals surface area contributed by atoms with Crippen molar-refractivity contribution >= 4 is 11.5 Å². The summed E-state index contributed by atoms with van der Waals surface area (Å²) in [6.45, 7) is 3.48. The molecule has 1 aromatic heterocycles. The Bertz CT molecular complexity index is 529. The van der Waals surface area contributed by atoms with Crippen molar-refractivity contribution in [3.8, 4) is 5.69 Å². The number of carbonyl (C=O) groups is 1. The molecule has 1 N–H and O–H groups in total. The molecule has 4 heteroatoms. The highest BCUT2D eigenvalue weighted by atomic mass is 16.4. The quantitative estimate of drug-likeness (QED) is 0.795. The Morgan fingerprint density at radius 2 is 2.00 bits per heavy atom. The molecule has 0 fully saturated rings. The van der Waals surface area contributed by atoms with Gasteiger partial charge >= 0.3 is 5.97 Å². The Morgan fingerprint density at radius 3 is 2.62 bits per heavy atom. The van der Waals surface area contributed by atoms with E-state index in [9.17, 15) is 4.79 Å². The van der Waals surface area contributed by atoms with Crippen molar-refractivity contribution in [1.82, 2.24) is 9.78 Å². The Kier molecular flexibility index (Phi) is 2.55. The molecule has 0 saturated carbocycles. The van der Waals surface area contributed by atoms with Crippen LogP contribution in [0.5, 0.6) is 0 Å². The molecule has 0 spiro atoms. The summed E-state index contributed by atoms with van der Waals surface area (Å²) in [5, 5.41) is 12.9. The number of benzene rings is 1. The zero-order valence-electron chi connectivity index (χ0n) is 8.50. The van der Waals surface area contributed by atoms with Crippen LogP contribution in [0.1, 0.15) is 5.56 Å². The highest BCUT2D eigenvalue weighted by molar-refractivity contribution is 6.14. The van der Waals surface area contributed by atoms with Crippen molar-refractivity contribution in [3.05, 3.63) is 54.9 Å². The van der Waals surface area contributed by atoms with Gasteiger partial charge in [0.1, 0.15) is 0 Å². The van der Waals surface area contributed by atoms with Crippen LogP contribution in [0.25, 0.3) is 11.3 Å². The number of aromatic nitrogens is 2. The SMILES string of the molecule is C=C(C(=O)O)c1cnn(-c2ccccc2)c1. The number of hydrogen-bond donors (Lipinski definition) is 1. The predicted molar refractivity (Wildman–Crippen MR) is 60.2 cm³/mol. The maximum Gasteiger partial charge on any atom is 0.335 e. The predicted octanol–water partition coefficient (Wildman–Crippen LogP) is 1.97. The van der Waals surface area contributed by atoms with E-state index in [1.54, 1.807) is 10.9 Å². The van der Waals surface area contributed by atoms with Crippen LogP contribution in [-0.2, 0) is 4.79 Å². The molecule has 4 nitrogen and oxygen atoms in total. The summed E-state index contributed by atoms with van der Waals surface area (Å²) in [6.07, 6.45) is 3.13. The first-order valence-corrected chi connectivity index (χ1v) is 4.71. The van der Waals surface area contributed by atoms with Gasteiger partial charge in [0, 0.05) is 11.8 Å². The Balaban J connectivity index is 2.34. The second-order valence-electron chi connectivity index (χ2n) is 3.29. The second-order valence-corrected chi connectivity index (χ2v) is 3.29. The lowest BCUT2D eigenvalue weighted by Gasteiger charge is -1.99. The summed E-state index contributed by atoms with van der Waals surface area (Å²) in [5.41, 5.74) is 1.44. The molecule has 0 aliphatic carbocycles. The van der Waals surface area contributed by atoms with Crippen molar-refractivity contribution in [2.75, 3.05) is 0 Å². The molecule has 0 aliphatic heterocycles. The number of para-hydroxylation sites is 1. The standard InChI is InChI=1S/C12H10N2O2/c1-9(12(15)16)10-7-13-14(8-10)11-5-3-2-4-6-11/h2-8H,1H2,(H,15,16). The lowest BCUT2D eigenvalue weighted by molar-refractivity contribution is -0.130. The summed E-state index contributed by atoms with van der Waals surface area (Å²) < 4.78 is 1.61. The Labute approximate surface area is 92.5 Å². The molecule has 0 unspecified atom stereocenters. The smallest absolute Gasteiger partial charge is 0.335 e. The van der Waals surface area contributed by atoms with Gasteiger partial charge in [-0.25, -0.2) is 9.48 Å². The number of rotatable bonds is 3. The van der Waals surface area contributed by atoms with Crippen molar-refractivity contribution in [2.24, 2.45) is 0 Å². The number of aliphatic carboxylic acids is 1. The molecule has 80 valence electrons. The van der Waals surface area contributed by atoms with E-state index in [1.165, 1.54) is 6.20 Å². The van der Waals surface area contributed by atoms with Gasteiger partial charge < -0.3 is 5.11 Å². The molecule has 16 heavy (non-hydrogen) atoms. The van der Waals surface area contributed by atoms with E-state index in [4.69, 9.17) is 5.11 Å². The number of carboxylic acid groups (broad SMARTS) is 1. The van der Waals surface area contributed by atoms with E-state index in [0.717, 1.165) is 5.69 Å². The third kappa shape index (κ3) is 1.86. The van der Waals surface area contributed by atoms with E-state index in [2.05, 4.69) is 11.7 Å². The molecular weight excluding hydrogens is 204 g/mol. The minimum Gasteiger partial charge on any atom is -0.478 e. The minimum absolute atomic E-state index is 0.0437. The fourth-order valence-corrected chi connectivity index (χ4v) is 1.32. The van der Waals surface area contributed by atoms with Crippen molar-refractivity contribution in [3.63, 3.8) is 0 Å². The maximum atomic E-state index is 10.7. The van der Waals surface area contributed by atoms with Gasteiger partial charge in [-0.3, -0.25) is 0 Å². The average molecular weight is 214 g/mol. The molecule has 0 atom stereocenters. The summed E-state index contributed by atoms with van der Waals surface area (Å²) >= 11 is 0. The monoisotopic (exact) mass is 214 g/mol. The lowest BCUT2D eigenvalue weighted by atomic mass is 10.2. The van der Waals surface area contributed by atoms with E-state index in [-0.39, 0.29) is 5.57 Å². The van der Waals surface area contributed by atoms with Gasteiger partial charge in [0.2, 0.25) is 0 Å². The number of hydrogen-bond acceptors (Lipinski definition) is 2. The average Bonchev–Trinajstić information content (AvgIpc) is 2.78. The van der Waals surface area contributed by atoms with Crippen LogP contribution in [-0.4, -0.2) is 20.9 Å². The van der Waals surface area contributed by atoms with Gasteiger partial charge in [-0.2, -0.15) is 5.10 Å². The van der Waals surface area contributed by atoms with Gasteiger partial charge in [0.15, 0.2) is 0 Å². The molecule has 1 heterocycles. The molecule has 0 amide bonds. The van der Waals surface area contributed by atoms with Crippen LogP contribution in [0, 0.1) is 0 Å². The molecule has 2 aromatic rings. The van der Waals surface area contributed by atoms with Crippen LogP contribution in [0.2, 0.25) is 0 Å². The first-order chi connectivity index (χ1) is 7.68. The van der Waals surface area contributed by atoms with Crippen molar-refractivity contribution in [2.45, 2.75) is 0 Å². The normalized spacial score (nSPS) is 10.0. The summed E-state index contributed by atoms with van der Waals surface area (Å²) in [7, 11) is 0. The number of nitrogens with zero attached hydrogens (tertiary/aromatic N) is 2. The van der Waals surface area contributed by atoms with Crippen molar-refractivity contribution < 1.29 is 9.90 Å². The maximum absolute atomic E-state index is 10.7. The highest BCUT2D eigenvalue weighted by Crippen LogP contribution is 2.14. The van der Waals surface area contributed by atoms with E-state index < -0.39 is 5.97 Å². The summed E-state index contributed by atoms with van der Waals surface area (Å²) in [4.78, 5) is 10.7. The third-order valence-electron chi connectivity index (χ3n) is 2.21. The van der Waals surface area contributed by atoms with Gasteiger partial charge in [-0.05, 0) is 12.1 Å². The fraction of sp³-hybridized carbons (Fsp3) is 0. The number of carboxylic acids is 1. The topological polar surface area (TPSA) is 55.1 Å². The highest BCUT2D eigenvalue weighted by Gasteiger charge is 2.09. The van der Waals surface area contributed by atoms with Crippen LogP contribution in [0.15, 0.2) is 49.3 Å². The van der Waals surface area contributed by atoms with Gasteiger partial charge in [-0.1, -0.05) is 24.8 Å². The summed E-state index contributed by atoms with van der Waals surface area (Å²) in [6, 6.07) is 9.47. The lowest BCUT2D eigenvalue weighted by Crippen LogP contribution is -1.97. The van der Waals surface area contributed by atoms with Crippen LogP contribution >= 0.6 is 0 Å². The van der Waals surface area contributed by atoms with Crippen LogP contribution in [0.3, 0.4) is 0 Å². The zero-order valence-corrected chi connectivity index (χ0v) is 8.50. The zero-order chi connectivity index (χ0) is 11.5. The minimum atomic E-state index is -1.03. The summed E-state index contributed by atoms with van der Waals surface area (Å²) in [5.74, 6) is -1.03. The van der Waals surface area contributed by atoms with Gasteiger partial charge in [0.25, 0.3) is 0 Å². The Hall–Kier alpha value is -2.36. The van der Waals surface area contributed by atoms with Crippen LogP contribution < -0.4 is 0 Å². The molecule has 0 radical (unpaired) electrons. The van der Waals surface area contributed by atoms with E-state index in [0.29, 0.717) is 5.56 Å². The van der Waals surface area contributed by atoms with Crippen molar-refractivity contribution in [1.29, 1.82) is 0 Å². The molecular formula is C12H10N2O2.